The van der Waals surface area contributed by atoms with E-state index in [1.54, 1.807) is 29.9 Å². The summed E-state index contributed by atoms with van der Waals surface area (Å²) in [4.78, 5) is 0. The largest absolute Gasteiger partial charge is 0.487 e. The second-order valence-corrected chi connectivity index (χ2v) is 4.89. The lowest BCUT2D eigenvalue weighted by atomic mass is 10.2. The van der Waals surface area contributed by atoms with Crippen LogP contribution in [0, 0.1) is 6.92 Å². The summed E-state index contributed by atoms with van der Waals surface area (Å²) in [7, 11) is 1.81. The Balaban J connectivity index is 2.19. The molecule has 0 radical (unpaired) electrons. The zero-order valence-corrected chi connectivity index (χ0v) is 12.1. The second-order valence-electron chi connectivity index (χ2n) is 4.04. The van der Waals surface area contributed by atoms with Crippen LogP contribution < -0.4 is 16.0 Å². The molecule has 0 aliphatic heterocycles. The fraction of sp³-hybridized carbons (Fsp3) is 0.250. The van der Waals surface area contributed by atoms with Crippen LogP contribution in [-0.4, -0.2) is 9.78 Å². The van der Waals surface area contributed by atoms with Crippen LogP contribution in [0.5, 0.6) is 5.75 Å². The Morgan fingerprint density at radius 2 is 2.16 bits per heavy atom. The number of halogens is 2. The highest BCUT2D eigenvalue weighted by molar-refractivity contribution is 6.35. The molecule has 2 aromatic rings. The Morgan fingerprint density at radius 1 is 1.42 bits per heavy atom. The molecule has 7 heteroatoms. The number of nitrogens with zero attached hydrogens (tertiary/aromatic N) is 2. The van der Waals surface area contributed by atoms with E-state index < -0.39 is 0 Å². The fourth-order valence-electron chi connectivity index (χ4n) is 1.80. The maximum absolute atomic E-state index is 6.04. The predicted octanol–water partition coefficient (Wildman–Crippen LogP) is 2.90. The van der Waals surface area contributed by atoms with E-state index in [9.17, 15) is 0 Å². The Labute approximate surface area is 121 Å². The molecule has 0 unspecified atom stereocenters. The van der Waals surface area contributed by atoms with Crippen LogP contribution in [0.2, 0.25) is 10.0 Å². The van der Waals surface area contributed by atoms with E-state index in [4.69, 9.17) is 33.8 Å². The molecule has 1 aromatic carbocycles. The van der Waals surface area contributed by atoms with Gasteiger partial charge in [0.15, 0.2) is 0 Å². The summed E-state index contributed by atoms with van der Waals surface area (Å²) in [6.45, 7) is 2.21. The van der Waals surface area contributed by atoms with Gasteiger partial charge in [-0.2, -0.15) is 5.10 Å². The van der Waals surface area contributed by atoms with Crippen LogP contribution in [0.4, 0.5) is 5.82 Å². The molecule has 0 saturated carbocycles. The first-order valence-electron chi connectivity index (χ1n) is 5.60. The molecule has 0 aliphatic carbocycles. The number of ether oxygens (including phenoxy) is 1. The van der Waals surface area contributed by atoms with Gasteiger partial charge in [0.2, 0.25) is 0 Å². The third-order valence-corrected chi connectivity index (χ3v) is 3.28. The van der Waals surface area contributed by atoms with Gasteiger partial charge in [0.25, 0.3) is 0 Å². The lowest BCUT2D eigenvalue weighted by Crippen LogP contribution is -2.13. The van der Waals surface area contributed by atoms with Crippen LogP contribution in [-0.2, 0) is 13.7 Å². The summed E-state index contributed by atoms with van der Waals surface area (Å²) in [6.07, 6.45) is 0. The van der Waals surface area contributed by atoms with Crippen molar-refractivity contribution < 1.29 is 4.74 Å². The molecule has 0 atom stereocenters. The second kappa shape index (κ2) is 5.69. The average molecular weight is 301 g/mol. The molecule has 19 heavy (non-hydrogen) atoms. The highest BCUT2D eigenvalue weighted by atomic mass is 35.5. The van der Waals surface area contributed by atoms with E-state index in [0.29, 0.717) is 28.2 Å². The van der Waals surface area contributed by atoms with Crippen LogP contribution >= 0.6 is 23.2 Å². The summed E-state index contributed by atoms with van der Waals surface area (Å²) >= 11 is 11.9. The number of nitrogens with two attached hydrogens (primary N) is 1. The highest BCUT2D eigenvalue weighted by Gasteiger charge is 2.13. The summed E-state index contributed by atoms with van der Waals surface area (Å²) < 4.78 is 7.34. The first-order valence-corrected chi connectivity index (χ1v) is 6.35. The molecule has 2 rings (SSSR count). The molecule has 0 saturated heterocycles. The molecule has 0 aliphatic rings. The van der Waals surface area contributed by atoms with E-state index in [1.807, 2.05) is 6.92 Å². The van der Waals surface area contributed by atoms with Crippen molar-refractivity contribution in [1.29, 1.82) is 0 Å². The minimum absolute atomic E-state index is 0.320. The molecule has 0 spiro atoms. The summed E-state index contributed by atoms with van der Waals surface area (Å²) in [6, 6.07) is 5.09. The van der Waals surface area contributed by atoms with Crippen molar-refractivity contribution in [3.63, 3.8) is 0 Å². The number of anilines is 1. The van der Waals surface area contributed by atoms with Crippen molar-refractivity contribution >= 4 is 29.0 Å². The standard InChI is InChI=1S/C12H14Cl2N4O/c1-7-9(12(16-15)18(2)17-7)6-19-11-4-3-8(13)5-10(11)14/h3-5,16H,6,15H2,1-2H3. The van der Waals surface area contributed by atoms with E-state index in [0.717, 1.165) is 11.3 Å². The van der Waals surface area contributed by atoms with Crippen LogP contribution in [0.15, 0.2) is 18.2 Å². The number of hydrogen-bond donors (Lipinski definition) is 2. The quantitative estimate of drug-likeness (QED) is 0.673. The Kier molecular flexibility index (Phi) is 4.19. The molecule has 5 nitrogen and oxygen atoms in total. The van der Waals surface area contributed by atoms with Gasteiger partial charge < -0.3 is 10.2 Å². The van der Waals surface area contributed by atoms with Gasteiger partial charge in [-0.1, -0.05) is 23.2 Å². The van der Waals surface area contributed by atoms with Crippen molar-refractivity contribution in [3.8, 4) is 5.75 Å². The van der Waals surface area contributed by atoms with Crippen molar-refractivity contribution in [2.75, 3.05) is 5.43 Å². The smallest absolute Gasteiger partial charge is 0.145 e. The third-order valence-electron chi connectivity index (χ3n) is 2.75. The minimum atomic E-state index is 0.320. The molecule has 102 valence electrons. The number of aromatic nitrogens is 2. The zero-order chi connectivity index (χ0) is 14.0. The van der Waals surface area contributed by atoms with E-state index in [1.165, 1.54) is 0 Å². The maximum atomic E-state index is 6.04. The first-order chi connectivity index (χ1) is 9.02. The SMILES string of the molecule is Cc1nn(C)c(NN)c1COc1ccc(Cl)cc1Cl. The first kappa shape index (κ1) is 14.0. The minimum Gasteiger partial charge on any atom is -0.487 e. The third kappa shape index (κ3) is 2.94. The summed E-state index contributed by atoms with van der Waals surface area (Å²) in [5, 5.41) is 5.31. The number of nitrogen functional groups attached to an aromatic ring is 1. The van der Waals surface area contributed by atoms with Gasteiger partial charge in [0, 0.05) is 12.1 Å². The summed E-state index contributed by atoms with van der Waals surface area (Å²) in [5.41, 5.74) is 4.34. The van der Waals surface area contributed by atoms with Gasteiger partial charge in [0.1, 0.15) is 18.2 Å². The fourth-order valence-corrected chi connectivity index (χ4v) is 2.26. The number of hydrazine groups is 1. The van der Waals surface area contributed by atoms with Gasteiger partial charge in [-0.15, -0.1) is 0 Å². The summed E-state index contributed by atoms with van der Waals surface area (Å²) in [5.74, 6) is 6.75. The highest BCUT2D eigenvalue weighted by Crippen LogP contribution is 2.29. The molecule has 3 N–H and O–H groups in total. The van der Waals surface area contributed by atoms with Gasteiger partial charge in [-0.25, -0.2) is 5.84 Å². The molecular weight excluding hydrogens is 287 g/mol. The van der Waals surface area contributed by atoms with Gasteiger partial charge >= 0.3 is 0 Å². The number of rotatable bonds is 4. The maximum Gasteiger partial charge on any atom is 0.145 e. The monoisotopic (exact) mass is 300 g/mol. The van der Waals surface area contributed by atoms with Crippen LogP contribution in [0.1, 0.15) is 11.3 Å². The lowest BCUT2D eigenvalue weighted by molar-refractivity contribution is 0.306. The van der Waals surface area contributed by atoms with Crippen LogP contribution in [0.3, 0.4) is 0 Å². The van der Waals surface area contributed by atoms with E-state index >= 15 is 0 Å². The van der Waals surface area contributed by atoms with Crippen molar-refractivity contribution in [2.45, 2.75) is 13.5 Å². The van der Waals surface area contributed by atoms with Gasteiger partial charge in [-0.05, 0) is 25.1 Å². The van der Waals surface area contributed by atoms with Crippen LogP contribution in [0.25, 0.3) is 0 Å². The zero-order valence-electron chi connectivity index (χ0n) is 10.6. The van der Waals surface area contributed by atoms with Gasteiger partial charge in [-0.3, -0.25) is 4.68 Å². The average Bonchev–Trinajstić information content (AvgIpc) is 2.62. The molecular formula is C12H14Cl2N4O. The number of aryl methyl sites for hydroxylation is 2. The lowest BCUT2D eigenvalue weighted by Gasteiger charge is -2.09. The Bertz CT molecular complexity index is 598. The number of hydrogen-bond acceptors (Lipinski definition) is 4. The predicted molar refractivity (Wildman–Crippen MR) is 76.5 cm³/mol. The number of benzene rings is 1. The van der Waals surface area contributed by atoms with Crippen molar-refractivity contribution in [2.24, 2.45) is 12.9 Å². The number of nitrogens with one attached hydrogen (secondary N) is 1. The molecule has 0 amide bonds. The van der Waals surface area contributed by atoms with Gasteiger partial charge in [0.05, 0.1) is 16.3 Å². The van der Waals surface area contributed by atoms with E-state index in [2.05, 4.69) is 10.5 Å². The van der Waals surface area contributed by atoms with Crippen molar-refractivity contribution in [1.82, 2.24) is 9.78 Å². The molecule has 0 fully saturated rings. The van der Waals surface area contributed by atoms with E-state index in [-0.39, 0.29) is 0 Å². The topological polar surface area (TPSA) is 65.1 Å². The van der Waals surface area contributed by atoms with Crippen molar-refractivity contribution in [3.05, 3.63) is 39.5 Å². The Hall–Kier alpha value is -1.43. The molecule has 1 aromatic heterocycles. The Morgan fingerprint density at radius 3 is 2.79 bits per heavy atom. The molecule has 0 bridgehead atoms. The normalized spacial score (nSPS) is 10.6. The molecule has 1 heterocycles.